The van der Waals surface area contributed by atoms with Crippen LogP contribution in [0.3, 0.4) is 0 Å². The standard InChI is InChI=1S/C10H18O3S/c1-5-6-7-14(12,13)8-9(11)10(2,3)4/h5-7,9,11H,1,8H2,2-4H3/b7-6-. The third kappa shape index (κ3) is 5.19. The molecule has 14 heavy (non-hydrogen) atoms. The Kier molecular flexibility index (Phi) is 4.55. The number of sulfone groups is 1. The summed E-state index contributed by atoms with van der Waals surface area (Å²) in [6.07, 6.45) is 1.88. The molecule has 0 aliphatic rings. The molecule has 0 fully saturated rings. The zero-order valence-electron chi connectivity index (χ0n) is 8.90. The van der Waals surface area contributed by atoms with Crippen LogP contribution in [0.2, 0.25) is 0 Å². The average Bonchev–Trinajstić information content (AvgIpc) is 1.98. The number of rotatable bonds is 4. The summed E-state index contributed by atoms with van der Waals surface area (Å²) in [5, 5.41) is 10.6. The minimum absolute atomic E-state index is 0.249. The fraction of sp³-hybridized carbons (Fsp3) is 0.600. The van der Waals surface area contributed by atoms with E-state index in [0.717, 1.165) is 5.41 Å². The van der Waals surface area contributed by atoms with E-state index in [1.54, 1.807) is 20.8 Å². The van der Waals surface area contributed by atoms with Crippen LogP contribution in [-0.2, 0) is 9.84 Å². The molecule has 0 saturated carbocycles. The van der Waals surface area contributed by atoms with Crippen LogP contribution >= 0.6 is 0 Å². The Balaban J connectivity index is 4.53. The van der Waals surface area contributed by atoms with Crippen LogP contribution in [0.1, 0.15) is 20.8 Å². The molecule has 0 bridgehead atoms. The molecule has 0 aromatic carbocycles. The van der Waals surface area contributed by atoms with Crippen LogP contribution in [-0.4, -0.2) is 25.4 Å². The molecule has 0 saturated heterocycles. The van der Waals surface area contributed by atoms with Gasteiger partial charge in [-0.1, -0.05) is 39.5 Å². The quantitative estimate of drug-likeness (QED) is 0.728. The number of aliphatic hydroxyl groups excluding tert-OH is 1. The van der Waals surface area contributed by atoms with E-state index in [9.17, 15) is 13.5 Å². The first kappa shape index (κ1) is 13.4. The van der Waals surface area contributed by atoms with E-state index in [4.69, 9.17) is 0 Å². The van der Waals surface area contributed by atoms with Crippen molar-refractivity contribution in [2.45, 2.75) is 26.9 Å². The summed E-state index contributed by atoms with van der Waals surface area (Å²) < 4.78 is 22.7. The van der Waals surface area contributed by atoms with Gasteiger partial charge in [0.2, 0.25) is 0 Å². The Labute approximate surface area is 86.1 Å². The highest BCUT2D eigenvalue weighted by molar-refractivity contribution is 7.94. The number of hydrogen-bond acceptors (Lipinski definition) is 3. The Morgan fingerprint density at radius 3 is 2.29 bits per heavy atom. The summed E-state index contributed by atoms with van der Waals surface area (Å²) in [5.41, 5.74) is -0.422. The van der Waals surface area contributed by atoms with Crippen molar-refractivity contribution in [3.05, 3.63) is 24.1 Å². The topological polar surface area (TPSA) is 54.4 Å². The van der Waals surface area contributed by atoms with Crippen molar-refractivity contribution in [1.29, 1.82) is 0 Å². The lowest BCUT2D eigenvalue weighted by atomic mass is 9.90. The maximum absolute atomic E-state index is 11.4. The minimum Gasteiger partial charge on any atom is -0.392 e. The van der Waals surface area contributed by atoms with E-state index >= 15 is 0 Å². The molecule has 4 heteroatoms. The maximum atomic E-state index is 11.4. The Hall–Kier alpha value is -0.610. The van der Waals surface area contributed by atoms with Gasteiger partial charge in [0.1, 0.15) is 0 Å². The fourth-order valence-electron chi connectivity index (χ4n) is 0.701. The van der Waals surface area contributed by atoms with Gasteiger partial charge in [-0.3, -0.25) is 0 Å². The molecular formula is C10H18O3S. The lowest BCUT2D eigenvalue weighted by Gasteiger charge is -2.24. The van der Waals surface area contributed by atoms with Crippen LogP contribution in [0.25, 0.3) is 0 Å². The second-order valence-electron chi connectivity index (χ2n) is 4.28. The van der Waals surface area contributed by atoms with Gasteiger partial charge in [-0.2, -0.15) is 0 Å². The van der Waals surface area contributed by atoms with Crippen molar-refractivity contribution in [2.75, 3.05) is 5.75 Å². The van der Waals surface area contributed by atoms with Crippen LogP contribution in [0.4, 0.5) is 0 Å². The summed E-state index contributed by atoms with van der Waals surface area (Å²) in [5.74, 6) is -0.249. The van der Waals surface area contributed by atoms with E-state index in [2.05, 4.69) is 6.58 Å². The zero-order valence-corrected chi connectivity index (χ0v) is 9.71. The van der Waals surface area contributed by atoms with Gasteiger partial charge < -0.3 is 5.11 Å². The molecule has 0 spiro atoms. The fourth-order valence-corrected chi connectivity index (χ4v) is 2.10. The average molecular weight is 218 g/mol. The van der Waals surface area contributed by atoms with Gasteiger partial charge in [0, 0.05) is 5.41 Å². The lowest BCUT2D eigenvalue weighted by molar-refractivity contribution is 0.0828. The molecule has 3 nitrogen and oxygen atoms in total. The zero-order chi connectivity index (χ0) is 11.4. The first-order valence-electron chi connectivity index (χ1n) is 4.39. The van der Waals surface area contributed by atoms with E-state index in [-0.39, 0.29) is 5.75 Å². The van der Waals surface area contributed by atoms with Gasteiger partial charge in [0.15, 0.2) is 9.84 Å². The molecule has 1 atom stereocenters. The molecule has 1 N–H and O–H groups in total. The smallest absolute Gasteiger partial charge is 0.174 e. The summed E-state index contributed by atoms with van der Waals surface area (Å²) in [4.78, 5) is 0. The summed E-state index contributed by atoms with van der Waals surface area (Å²) in [6.45, 7) is 8.77. The van der Waals surface area contributed by atoms with Crippen LogP contribution in [0.5, 0.6) is 0 Å². The Morgan fingerprint density at radius 2 is 1.93 bits per heavy atom. The van der Waals surface area contributed by atoms with Crippen molar-refractivity contribution in [2.24, 2.45) is 5.41 Å². The molecule has 0 aliphatic carbocycles. The first-order chi connectivity index (χ1) is 6.19. The molecule has 0 heterocycles. The molecule has 0 aromatic rings. The summed E-state index contributed by atoms with van der Waals surface area (Å²) in [7, 11) is -3.33. The van der Waals surface area contributed by atoms with Crippen molar-refractivity contribution in [1.82, 2.24) is 0 Å². The third-order valence-corrected chi connectivity index (χ3v) is 3.16. The van der Waals surface area contributed by atoms with Crippen molar-refractivity contribution in [3.8, 4) is 0 Å². The molecule has 82 valence electrons. The number of allylic oxidation sites excluding steroid dienone is 2. The molecule has 0 radical (unpaired) electrons. The molecular weight excluding hydrogens is 200 g/mol. The normalized spacial score (nSPS) is 15.7. The van der Waals surface area contributed by atoms with Crippen LogP contribution in [0.15, 0.2) is 24.1 Å². The molecule has 0 amide bonds. The molecule has 1 unspecified atom stereocenters. The second-order valence-corrected chi connectivity index (χ2v) is 6.21. The number of hydrogen-bond donors (Lipinski definition) is 1. The largest absolute Gasteiger partial charge is 0.392 e. The van der Waals surface area contributed by atoms with E-state index in [1.165, 1.54) is 12.2 Å². The summed E-state index contributed by atoms with van der Waals surface area (Å²) >= 11 is 0. The highest BCUT2D eigenvalue weighted by Crippen LogP contribution is 2.20. The predicted molar refractivity (Wildman–Crippen MR) is 58.6 cm³/mol. The summed E-state index contributed by atoms with van der Waals surface area (Å²) in [6, 6.07) is 0. The van der Waals surface area contributed by atoms with Gasteiger partial charge in [0.25, 0.3) is 0 Å². The Morgan fingerprint density at radius 1 is 1.43 bits per heavy atom. The van der Waals surface area contributed by atoms with Crippen molar-refractivity contribution < 1.29 is 13.5 Å². The van der Waals surface area contributed by atoms with E-state index in [0.29, 0.717) is 0 Å². The highest BCUT2D eigenvalue weighted by atomic mass is 32.2. The lowest BCUT2D eigenvalue weighted by Crippen LogP contribution is -2.32. The van der Waals surface area contributed by atoms with Gasteiger partial charge >= 0.3 is 0 Å². The first-order valence-corrected chi connectivity index (χ1v) is 6.10. The van der Waals surface area contributed by atoms with Crippen LogP contribution in [0, 0.1) is 5.41 Å². The monoisotopic (exact) mass is 218 g/mol. The van der Waals surface area contributed by atoms with E-state index < -0.39 is 21.4 Å². The van der Waals surface area contributed by atoms with Crippen molar-refractivity contribution in [3.63, 3.8) is 0 Å². The molecule has 0 aliphatic heterocycles. The highest BCUT2D eigenvalue weighted by Gasteiger charge is 2.26. The van der Waals surface area contributed by atoms with E-state index in [1.807, 2.05) is 0 Å². The molecule has 0 rings (SSSR count). The van der Waals surface area contributed by atoms with Gasteiger partial charge in [-0.15, -0.1) is 0 Å². The molecule has 0 aromatic heterocycles. The van der Waals surface area contributed by atoms with Gasteiger partial charge in [-0.05, 0) is 5.41 Å². The maximum Gasteiger partial charge on any atom is 0.174 e. The Bertz CT molecular complexity index is 307. The second kappa shape index (κ2) is 4.75. The number of aliphatic hydroxyl groups is 1. The van der Waals surface area contributed by atoms with Gasteiger partial charge in [-0.25, -0.2) is 8.42 Å². The van der Waals surface area contributed by atoms with Gasteiger partial charge in [0.05, 0.1) is 11.9 Å². The SMILES string of the molecule is C=C/C=C\S(=O)(=O)CC(O)C(C)(C)C. The van der Waals surface area contributed by atoms with Crippen LogP contribution < -0.4 is 0 Å². The van der Waals surface area contributed by atoms with Crippen molar-refractivity contribution >= 4 is 9.84 Å². The third-order valence-electron chi connectivity index (χ3n) is 1.81. The predicted octanol–water partition coefficient (Wildman–Crippen LogP) is 1.51. The minimum atomic E-state index is -3.33.